The SMILES string of the molecule is CC(N)Cc1cn(-c2ccccc2F)cn1. The van der Waals surface area contributed by atoms with E-state index < -0.39 is 0 Å². The van der Waals surface area contributed by atoms with Crippen molar-refractivity contribution in [3.05, 3.63) is 48.3 Å². The molecule has 0 spiro atoms. The van der Waals surface area contributed by atoms with E-state index >= 15 is 0 Å². The summed E-state index contributed by atoms with van der Waals surface area (Å²) >= 11 is 0. The Labute approximate surface area is 93.7 Å². The van der Waals surface area contributed by atoms with Gasteiger partial charge in [-0.05, 0) is 19.1 Å². The Morgan fingerprint density at radius 2 is 2.19 bits per heavy atom. The van der Waals surface area contributed by atoms with Gasteiger partial charge in [-0.2, -0.15) is 0 Å². The van der Waals surface area contributed by atoms with E-state index in [1.165, 1.54) is 6.07 Å². The van der Waals surface area contributed by atoms with Gasteiger partial charge in [0.25, 0.3) is 0 Å². The van der Waals surface area contributed by atoms with Gasteiger partial charge in [0.05, 0.1) is 17.7 Å². The van der Waals surface area contributed by atoms with Gasteiger partial charge in [-0.25, -0.2) is 9.37 Å². The van der Waals surface area contributed by atoms with Crippen LogP contribution in [0.3, 0.4) is 0 Å². The lowest BCUT2D eigenvalue weighted by atomic mass is 10.2. The maximum Gasteiger partial charge on any atom is 0.147 e. The Balaban J connectivity index is 2.28. The average molecular weight is 219 g/mol. The fourth-order valence-electron chi connectivity index (χ4n) is 1.59. The van der Waals surface area contributed by atoms with E-state index in [0.717, 1.165) is 5.69 Å². The Morgan fingerprint density at radius 3 is 2.88 bits per heavy atom. The van der Waals surface area contributed by atoms with Crippen LogP contribution in [0.5, 0.6) is 0 Å². The molecule has 0 aliphatic rings. The maximum atomic E-state index is 13.5. The molecular weight excluding hydrogens is 205 g/mol. The van der Waals surface area contributed by atoms with Crippen LogP contribution in [-0.4, -0.2) is 15.6 Å². The van der Waals surface area contributed by atoms with Crippen LogP contribution < -0.4 is 5.73 Å². The number of nitrogens with zero attached hydrogens (tertiary/aromatic N) is 2. The zero-order valence-electron chi connectivity index (χ0n) is 9.10. The molecule has 0 fully saturated rings. The number of para-hydroxylation sites is 1. The Morgan fingerprint density at radius 1 is 1.44 bits per heavy atom. The minimum Gasteiger partial charge on any atom is -0.328 e. The van der Waals surface area contributed by atoms with Gasteiger partial charge in [0, 0.05) is 18.7 Å². The fraction of sp³-hybridized carbons (Fsp3) is 0.250. The number of benzene rings is 1. The standard InChI is InChI=1S/C12H14FN3/c1-9(14)6-10-7-16(8-15-10)12-5-3-2-4-11(12)13/h2-5,7-9H,6,14H2,1H3. The van der Waals surface area contributed by atoms with E-state index in [4.69, 9.17) is 5.73 Å². The molecule has 0 saturated heterocycles. The summed E-state index contributed by atoms with van der Waals surface area (Å²) in [6, 6.07) is 6.67. The van der Waals surface area contributed by atoms with Crippen LogP contribution in [-0.2, 0) is 6.42 Å². The third kappa shape index (κ3) is 2.28. The van der Waals surface area contributed by atoms with Gasteiger partial charge in [-0.3, -0.25) is 0 Å². The lowest BCUT2D eigenvalue weighted by molar-refractivity contribution is 0.618. The second-order valence-corrected chi connectivity index (χ2v) is 3.91. The summed E-state index contributed by atoms with van der Waals surface area (Å²) in [5.74, 6) is -0.257. The van der Waals surface area contributed by atoms with Crippen molar-refractivity contribution in [1.82, 2.24) is 9.55 Å². The highest BCUT2D eigenvalue weighted by atomic mass is 19.1. The number of rotatable bonds is 3. The predicted octanol–water partition coefficient (Wildman–Crippen LogP) is 1.90. The monoisotopic (exact) mass is 219 g/mol. The maximum absolute atomic E-state index is 13.5. The van der Waals surface area contributed by atoms with Crippen molar-refractivity contribution in [2.75, 3.05) is 0 Å². The molecule has 0 radical (unpaired) electrons. The molecule has 0 amide bonds. The van der Waals surface area contributed by atoms with E-state index in [0.29, 0.717) is 12.1 Å². The molecule has 1 atom stereocenters. The van der Waals surface area contributed by atoms with Crippen molar-refractivity contribution < 1.29 is 4.39 Å². The smallest absolute Gasteiger partial charge is 0.147 e. The van der Waals surface area contributed by atoms with Crippen molar-refractivity contribution in [2.45, 2.75) is 19.4 Å². The second-order valence-electron chi connectivity index (χ2n) is 3.91. The molecule has 0 bridgehead atoms. The molecule has 0 saturated carbocycles. The van der Waals surface area contributed by atoms with E-state index in [2.05, 4.69) is 4.98 Å². The van der Waals surface area contributed by atoms with Crippen molar-refractivity contribution in [3.8, 4) is 5.69 Å². The highest BCUT2D eigenvalue weighted by molar-refractivity contribution is 5.33. The van der Waals surface area contributed by atoms with Crippen LogP contribution in [0.25, 0.3) is 5.69 Å². The van der Waals surface area contributed by atoms with Crippen LogP contribution in [0, 0.1) is 5.82 Å². The van der Waals surface area contributed by atoms with Gasteiger partial charge >= 0.3 is 0 Å². The van der Waals surface area contributed by atoms with Gasteiger partial charge in [-0.15, -0.1) is 0 Å². The minimum absolute atomic E-state index is 0.0592. The zero-order valence-corrected chi connectivity index (χ0v) is 9.10. The molecule has 16 heavy (non-hydrogen) atoms. The first-order chi connectivity index (χ1) is 7.66. The molecule has 1 heterocycles. The van der Waals surface area contributed by atoms with E-state index in [-0.39, 0.29) is 11.9 Å². The molecule has 84 valence electrons. The fourth-order valence-corrected chi connectivity index (χ4v) is 1.59. The molecule has 1 unspecified atom stereocenters. The molecule has 2 aromatic rings. The van der Waals surface area contributed by atoms with Gasteiger partial charge in [-0.1, -0.05) is 12.1 Å². The van der Waals surface area contributed by atoms with Crippen molar-refractivity contribution in [2.24, 2.45) is 5.73 Å². The zero-order chi connectivity index (χ0) is 11.5. The van der Waals surface area contributed by atoms with Crippen molar-refractivity contribution in [3.63, 3.8) is 0 Å². The van der Waals surface area contributed by atoms with Gasteiger partial charge in [0.2, 0.25) is 0 Å². The number of hydrogen-bond acceptors (Lipinski definition) is 2. The lowest BCUT2D eigenvalue weighted by Crippen LogP contribution is -2.17. The first-order valence-corrected chi connectivity index (χ1v) is 5.20. The largest absolute Gasteiger partial charge is 0.328 e. The first-order valence-electron chi connectivity index (χ1n) is 5.20. The van der Waals surface area contributed by atoms with Gasteiger partial charge in [0.15, 0.2) is 0 Å². The average Bonchev–Trinajstić information content (AvgIpc) is 2.66. The van der Waals surface area contributed by atoms with E-state index in [1.54, 1.807) is 29.1 Å². The van der Waals surface area contributed by atoms with Gasteiger partial charge < -0.3 is 10.3 Å². The molecule has 0 aliphatic carbocycles. The topological polar surface area (TPSA) is 43.8 Å². The molecule has 0 aliphatic heterocycles. The summed E-state index contributed by atoms with van der Waals surface area (Å²) in [7, 11) is 0. The van der Waals surface area contributed by atoms with E-state index in [1.807, 2.05) is 13.1 Å². The van der Waals surface area contributed by atoms with Crippen LogP contribution in [0.2, 0.25) is 0 Å². The number of aromatic nitrogens is 2. The lowest BCUT2D eigenvalue weighted by Gasteiger charge is -2.03. The minimum atomic E-state index is -0.257. The highest BCUT2D eigenvalue weighted by Gasteiger charge is 2.06. The molecule has 2 rings (SSSR count). The molecule has 4 heteroatoms. The number of halogens is 1. The van der Waals surface area contributed by atoms with Crippen molar-refractivity contribution >= 4 is 0 Å². The molecular formula is C12H14FN3. The summed E-state index contributed by atoms with van der Waals surface area (Å²) in [5, 5.41) is 0. The van der Waals surface area contributed by atoms with Crippen LogP contribution in [0.15, 0.2) is 36.8 Å². The molecule has 1 aromatic carbocycles. The third-order valence-corrected chi connectivity index (χ3v) is 2.30. The molecule has 2 N–H and O–H groups in total. The van der Waals surface area contributed by atoms with E-state index in [9.17, 15) is 4.39 Å². The van der Waals surface area contributed by atoms with Gasteiger partial charge in [0.1, 0.15) is 5.82 Å². The highest BCUT2D eigenvalue weighted by Crippen LogP contribution is 2.13. The Kier molecular flexibility index (Phi) is 3.01. The summed E-state index contributed by atoms with van der Waals surface area (Å²) in [5.41, 5.74) is 7.06. The number of imidazole rings is 1. The summed E-state index contributed by atoms with van der Waals surface area (Å²) < 4.78 is 15.1. The predicted molar refractivity (Wildman–Crippen MR) is 60.9 cm³/mol. The Hall–Kier alpha value is -1.68. The molecule has 1 aromatic heterocycles. The number of hydrogen-bond donors (Lipinski definition) is 1. The molecule has 3 nitrogen and oxygen atoms in total. The van der Waals surface area contributed by atoms with Crippen LogP contribution >= 0.6 is 0 Å². The van der Waals surface area contributed by atoms with Crippen LogP contribution in [0.1, 0.15) is 12.6 Å². The number of nitrogens with two attached hydrogens (primary N) is 1. The first kappa shape index (κ1) is 10.8. The van der Waals surface area contributed by atoms with Crippen molar-refractivity contribution in [1.29, 1.82) is 0 Å². The summed E-state index contributed by atoms with van der Waals surface area (Å²) in [4.78, 5) is 4.19. The Bertz CT molecular complexity index is 477. The van der Waals surface area contributed by atoms with Crippen LogP contribution in [0.4, 0.5) is 4.39 Å². The second kappa shape index (κ2) is 4.45. The summed E-state index contributed by atoms with van der Waals surface area (Å²) in [6.45, 7) is 1.92. The third-order valence-electron chi connectivity index (χ3n) is 2.30. The summed E-state index contributed by atoms with van der Waals surface area (Å²) in [6.07, 6.45) is 4.11. The quantitative estimate of drug-likeness (QED) is 0.856. The normalized spacial score (nSPS) is 12.7.